The Bertz CT molecular complexity index is 711. The molecule has 0 N–H and O–H groups in total. The van der Waals surface area contributed by atoms with Crippen molar-refractivity contribution in [3.8, 4) is 12.1 Å². The van der Waals surface area contributed by atoms with Crippen molar-refractivity contribution in [3.63, 3.8) is 0 Å². The summed E-state index contributed by atoms with van der Waals surface area (Å²) < 4.78 is 22.0. The van der Waals surface area contributed by atoms with Gasteiger partial charge in [0.1, 0.15) is 0 Å². The van der Waals surface area contributed by atoms with Crippen LogP contribution in [0.4, 0.5) is 0 Å². The second-order valence-corrected chi connectivity index (χ2v) is 5.96. The monoisotopic (exact) mass is 362 g/mol. The number of benzene rings is 1. The summed E-state index contributed by atoms with van der Waals surface area (Å²) in [6, 6.07) is 11.2. The minimum Gasteiger partial charge on any atom is -0.348 e. The van der Waals surface area contributed by atoms with E-state index >= 15 is 0 Å². The van der Waals surface area contributed by atoms with Gasteiger partial charge < -0.3 is 18.9 Å². The maximum Gasteiger partial charge on any atom is 0.257 e. The highest BCUT2D eigenvalue weighted by atomic mass is 35.5. The highest BCUT2D eigenvalue weighted by Gasteiger charge is 2.85. The van der Waals surface area contributed by atoms with Crippen molar-refractivity contribution in [3.05, 3.63) is 40.9 Å². The highest BCUT2D eigenvalue weighted by Crippen LogP contribution is 2.65. The Balaban J connectivity index is 2.55. The Kier molecular flexibility index (Phi) is 5.53. The lowest BCUT2D eigenvalue weighted by Gasteiger charge is -2.64. The summed E-state index contributed by atoms with van der Waals surface area (Å²) in [5, 5.41) is 20.1. The van der Waals surface area contributed by atoms with Gasteiger partial charge in [0.25, 0.3) is 5.79 Å². The van der Waals surface area contributed by atoms with E-state index in [-0.39, 0.29) is 0 Å². The molecule has 1 aliphatic rings. The van der Waals surface area contributed by atoms with Crippen LogP contribution >= 0.6 is 11.6 Å². The number of nitrogens with zero attached hydrogens (tertiary/aromatic N) is 2. The highest BCUT2D eigenvalue weighted by molar-refractivity contribution is 6.30. The van der Waals surface area contributed by atoms with Crippen molar-refractivity contribution >= 4 is 17.7 Å². The van der Waals surface area contributed by atoms with E-state index < -0.39 is 22.9 Å². The molecule has 0 saturated heterocycles. The first kappa shape index (κ1) is 19.4. The van der Waals surface area contributed by atoms with E-state index in [9.17, 15) is 10.5 Å². The van der Waals surface area contributed by atoms with Crippen LogP contribution in [0, 0.1) is 34.0 Å². The van der Waals surface area contributed by atoms with Crippen LogP contribution in [0.2, 0.25) is 5.02 Å². The van der Waals surface area contributed by atoms with E-state index in [1.807, 2.05) is 24.3 Å². The molecule has 132 valence electrons. The number of ether oxygens (including phenoxy) is 4. The number of nitriles is 2. The van der Waals surface area contributed by atoms with Crippen LogP contribution in [0.15, 0.2) is 30.3 Å². The van der Waals surface area contributed by atoms with Crippen molar-refractivity contribution in [1.82, 2.24) is 0 Å². The molecule has 1 saturated carbocycles. The number of hydrogen-bond donors (Lipinski definition) is 0. The topological polar surface area (TPSA) is 84.5 Å². The summed E-state index contributed by atoms with van der Waals surface area (Å²) in [5.41, 5.74) is -0.798. The minimum atomic E-state index is -1.69. The summed E-state index contributed by atoms with van der Waals surface area (Å²) in [4.78, 5) is 0. The number of rotatable bonds is 6. The van der Waals surface area contributed by atoms with Gasteiger partial charge in [-0.2, -0.15) is 10.5 Å². The first-order valence-corrected chi connectivity index (χ1v) is 7.82. The fourth-order valence-electron chi connectivity index (χ4n) is 3.55. The van der Waals surface area contributed by atoms with E-state index in [2.05, 4.69) is 0 Å². The Morgan fingerprint density at radius 2 is 1.48 bits per heavy atom. The third kappa shape index (κ3) is 2.38. The summed E-state index contributed by atoms with van der Waals surface area (Å²) >= 11 is 5.88. The first-order chi connectivity index (χ1) is 12.0. The van der Waals surface area contributed by atoms with Crippen molar-refractivity contribution in [1.29, 1.82) is 10.5 Å². The molecule has 0 radical (unpaired) electrons. The molecule has 0 aromatic heterocycles. The molecule has 1 unspecified atom stereocenters. The van der Waals surface area contributed by atoms with E-state index in [4.69, 9.17) is 30.5 Å². The lowest BCUT2D eigenvalue weighted by atomic mass is 9.51. The first-order valence-electron chi connectivity index (χ1n) is 7.44. The average Bonchev–Trinajstić information content (AvgIpc) is 2.64. The third-order valence-electron chi connectivity index (χ3n) is 4.74. The number of halogens is 1. The van der Waals surface area contributed by atoms with Gasteiger partial charge in [-0.25, -0.2) is 0 Å². The summed E-state index contributed by atoms with van der Waals surface area (Å²) in [7, 11) is 5.52. The van der Waals surface area contributed by atoms with Gasteiger partial charge in [-0.05, 0) is 17.7 Å². The zero-order valence-corrected chi connectivity index (χ0v) is 15.2. The molecule has 7 heteroatoms. The lowest BCUT2D eigenvalue weighted by Crippen LogP contribution is -2.83. The maximum absolute atomic E-state index is 9.77. The molecule has 0 amide bonds. The third-order valence-corrected chi connectivity index (χ3v) is 4.99. The molecule has 6 nitrogen and oxygen atoms in total. The van der Waals surface area contributed by atoms with Gasteiger partial charge in [0.2, 0.25) is 11.2 Å². The van der Waals surface area contributed by atoms with Gasteiger partial charge in [0.05, 0.1) is 18.1 Å². The van der Waals surface area contributed by atoms with Gasteiger partial charge in [-0.15, -0.1) is 0 Å². The molecule has 25 heavy (non-hydrogen) atoms. The average molecular weight is 363 g/mol. The van der Waals surface area contributed by atoms with E-state index in [1.54, 1.807) is 24.3 Å². The molecule has 0 aliphatic heterocycles. The SMILES string of the molecule is COC1(OC)C(/C=C/c2ccc(Cl)cc2)C(C#N)(C#N)C1(OC)OC. The largest absolute Gasteiger partial charge is 0.348 e. The molecule has 2 rings (SSSR count). The Hall–Kier alpha value is -1.93. The van der Waals surface area contributed by atoms with Crippen LogP contribution in [0.5, 0.6) is 0 Å². The van der Waals surface area contributed by atoms with Gasteiger partial charge in [0, 0.05) is 33.5 Å². The molecule has 0 spiro atoms. The number of methoxy groups -OCH3 is 4. The molecule has 1 aromatic rings. The van der Waals surface area contributed by atoms with Crippen molar-refractivity contribution in [2.24, 2.45) is 11.3 Å². The van der Waals surface area contributed by atoms with E-state index in [0.29, 0.717) is 5.02 Å². The van der Waals surface area contributed by atoms with Crippen molar-refractivity contribution < 1.29 is 18.9 Å². The van der Waals surface area contributed by atoms with Gasteiger partial charge >= 0.3 is 0 Å². The normalized spacial score (nSPS) is 22.8. The fourth-order valence-corrected chi connectivity index (χ4v) is 3.68. The van der Waals surface area contributed by atoms with Crippen LogP contribution in [0.1, 0.15) is 5.56 Å². The molecular weight excluding hydrogens is 344 g/mol. The lowest BCUT2D eigenvalue weighted by molar-refractivity contribution is -0.489. The Labute approximate surface area is 152 Å². The zero-order chi connectivity index (χ0) is 18.7. The molecule has 1 fully saturated rings. The van der Waals surface area contributed by atoms with Crippen LogP contribution in [0.25, 0.3) is 6.08 Å². The molecule has 0 heterocycles. The number of hydrogen-bond acceptors (Lipinski definition) is 6. The maximum atomic E-state index is 9.77. The molecule has 1 aliphatic carbocycles. The Morgan fingerprint density at radius 1 is 0.960 bits per heavy atom. The fraction of sp³-hybridized carbons (Fsp3) is 0.444. The minimum absolute atomic E-state index is 0.616. The molecular formula is C18H19ClN2O4. The van der Waals surface area contributed by atoms with Crippen LogP contribution in [-0.2, 0) is 18.9 Å². The summed E-state index contributed by atoms with van der Waals surface area (Å²) in [6.07, 6.45) is 3.46. The molecule has 0 bridgehead atoms. The van der Waals surface area contributed by atoms with Gasteiger partial charge in [0.15, 0.2) is 0 Å². The van der Waals surface area contributed by atoms with Gasteiger partial charge in [-0.1, -0.05) is 35.9 Å². The van der Waals surface area contributed by atoms with E-state index in [0.717, 1.165) is 5.56 Å². The second kappa shape index (κ2) is 7.13. The molecule has 1 aromatic carbocycles. The summed E-state index contributed by atoms with van der Waals surface area (Å²) in [5.74, 6) is -3.90. The van der Waals surface area contributed by atoms with Crippen molar-refractivity contribution in [2.45, 2.75) is 11.6 Å². The quantitative estimate of drug-likeness (QED) is 0.723. The van der Waals surface area contributed by atoms with Crippen molar-refractivity contribution in [2.75, 3.05) is 28.4 Å². The predicted octanol–water partition coefficient (Wildman–Crippen LogP) is 2.99. The summed E-state index contributed by atoms with van der Waals surface area (Å²) in [6.45, 7) is 0. The van der Waals surface area contributed by atoms with Crippen LogP contribution in [-0.4, -0.2) is 40.0 Å². The smallest absolute Gasteiger partial charge is 0.257 e. The van der Waals surface area contributed by atoms with E-state index in [1.165, 1.54) is 28.4 Å². The van der Waals surface area contributed by atoms with Crippen LogP contribution < -0.4 is 0 Å². The molecule has 1 atom stereocenters. The van der Waals surface area contributed by atoms with Crippen LogP contribution in [0.3, 0.4) is 0 Å². The van der Waals surface area contributed by atoms with Gasteiger partial charge in [-0.3, -0.25) is 0 Å². The Morgan fingerprint density at radius 3 is 1.88 bits per heavy atom. The second-order valence-electron chi connectivity index (χ2n) is 5.52. The zero-order valence-electron chi connectivity index (χ0n) is 14.4. The predicted molar refractivity (Wildman–Crippen MR) is 91.1 cm³/mol. The standard InChI is InChI=1S/C18H19ClN2O4/c1-22-17(23-2)15(10-7-13-5-8-14(19)9-6-13)16(11-20,12-21)18(17,24-3)25-4/h5-10,15H,1-4H3/b10-7+.